The average molecular weight is 298 g/mol. The zero-order chi connectivity index (χ0) is 11.5. The molecule has 0 bridgehead atoms. The summed E-state index contributed by atoms with van der Waals surface area (Å²) in [6, 6.07) is 4.02. The van der Waals surface area contributed by atoms with E-state index in [0.29, 0.717) is 6.42 Å². The Labute approximate surface area is 107 Å². The number of hydrogen-bond acceptors (Lipinski definition) is 3. The van der Waals surface area contributed by atoms with Gasteiger partial charge >= 0.3 is 0 Å². The third kappa shape index (κ3) is 2.70. The van der Waals surface area contributed by atoms with Crippen LogP contribution in [0.1, 0.15) is 22.1 Å². The number of hydrogen-bond donors (Lipinski definition) is 1. The summed E-state index contributed by atoms with van der Waals surface area (Å²) < 4.78 is 0.945. The highest BCUT2D eigenvalue weighted by Crippen LogP contribution is 2.26. The Morgan fingerprint density at radius 1 is 1.50 bits per heavy atom. The van der Waals surface area contributed by atoms with Gasteiger partial charge in [-0.2, -0.15) is 0 Å². The lowest BCUT2D eigenvalue weighted by Gasteiger charge is -2.09. The minimum absolute atomic E-state index is 0.434. The molecule has 16 heavy (non-hydrogen) atoms. The number of aromatic nitrogens is 1. The van der Waals surface area contributed by atoms with Crippen molar-refractivity contribution in [1.29, 1.82) is 0 Å². The molecule has 0 aliphatic heterocycles. The SMILES string of the molecule is Cc1ccsc1C(O)Cc1cncc(Br)c1. The molecule has 0 saturated carbocycles. The third-order valence-corrected chi connectivity index (χ3v) is 3.95. The summed E-state index contributed by atoms with van der Waals surface area (Å²) in [5.41, 5.74) is 2.19. The largest absolute Gasteiger partial charge is 0.387 e. The fraction of sp³-hybridized carbons (Fsp3) is 0.250. The van der Waals surface area contributed by atoms with Gasteiger partial charge in [-0.1, -0.05) is 0 Å². The second-order valence-corrected chi connectivity index (χ2v) is 5.56. The second kappa shape index (κ2) is 5.08. The Morgan fingerprint density at radius 2 is 2.31 bits per heavy atom. The summed E-state index contributed by atoms with van der Waals surface area (Å²) in [7, 11) is 0. The van der Waals surface area contributed by atoms with Crippen LogP contribution in [0.25, 0.3) is 0 Å². The lowest BCUT2D eigenvalue weighted by atomic mass is 10.1. The van der Waals surface area contributed by atoms with E-state index in [9.17, 15) is 5.11 Å². The van der Waals surface area contributed by atoms with Gasteiger partial charge in [0, 0.05) is 28.2 Å². The number of rotatable bonds is 3. The van der Waals surface area contributed by atoms with E-state index in [1.165, 1.54) is 0 Å². The Hall–Kier alpha value is -0.710. The van der Waals surface area contributed by atoms with Gasteiger partial charge in [0.2, 0.25) is 0 Å². The van der Waals surface area contributed by atoms with Crippen LogP contribution in [-0.2, 0) is 6.42 Å². The molecular formula is C12H12BrNOS. The first-order valence-electron chi connectivity index (χ1n) is 4.98. The smallest absolute Gasteiger partial charge is 0.0925 e. The molecule has 0 fully saturated rings. The molecule has 84 valence electrons. The Balaban J connectivity index is 2.14. The van der Waals surface area contributed by atoms with Gasteiger partial charge in [-0.05, 0) is 51.5 Å². The molecule has 0 amide bonds. The summed E-state index contributed by atoms with van der Waals surface area (Å²) in [6.45, 7) is 2.02. The van der Waals surface area contributed by atoms with Crippen LogP contribution in [0.4, 0.5) is 0 Å². The van der Waals surface area contributed by atoms with Crippen LogP contribution in [0.15, 0.2) is 34.4 Å². The molecule has 0 radical (unpaired) electrons. The van der Waals surface area contributed by atoms with Crippen LogP contribution in [0.5, 0.6) is 0 Å². The highest BCUT2D eigenvalue weighted by Gasteiger charge is 2.12. The van der Waals surface area contributed by atoms with Gasteiger partial charge in [0.25, 0.3) is 0 Å². The van der Waals surface area contributed by atoms with Crippen LogP contribution in [-0.4, -0.2) is 10.1 Å². The summed E-state index contributed by atoms with van der Waals surface area (Å²) in [5.74, 6) is 0. The summed E-state index contributed by atoms with van der Waals surface area (Å²) in [4.78, 5) is 5.13. The maximum Gasteiger partial charge on any atom is 0.0925 e. The minimum Gasteiger partial charge on any atom is -0.387 e. The van der Waals surface area contributed by atoms with Gasteiger partial charge < -0.3 is 5.11 Å². The molecule has 1 N–H and O–H groups in total. The van der Waals surface area contributed by atoms with Crippen LogP contribution < -0.4 is 0 Å². The van der Waals surface area contributed by atoms with Gasteiger partial charge in [0.15, 0.2) is 0 Å². The first kappa shape index (κ1) is 11.8. The van der Waals surface area contributed by atoms with Crippen LogP contribution in [0, 0.1) is 6.92 Å². The van der Waals surface area contributed by atoms with E-state index >= 15 is 0 Å². The van der Waals surface area contributed by atoms with Crippen molar-refractivity contribution >= 4 is 27.3 Å². The fourth-order valence-corrected chi connectivity index (χ4v) is 2.93. The normalized spacial score (nSPS) is 12.7. The summed E-state index contributed by atoms with van der Waals surface area (Å²) in [6.07, 6.45) is 3.70. The predicted octanol–water partition coefficient (Wildman–Crippen LogP) is 3.49. The minimum atomic E-state index is -0.434. The van der Waals surface area contributed by atoms with Crippen LogP contribution in [0.2, 0.25) is 0 Å². The lowest BCUT2D eigenvalue weighted by Crippen LogP contribution is -2.01. The Bertz CT molecular complexity index is 483. The van der Waals surface area contributed by atoms with Gasteiger partial charge in [-0.3, -0.25) is 4.98 Å². The molecule has 4 heteroatoms. The van der Waals surface area contributed by atoms with E-state index in [1.807, 2.05) is 24.4 Å². The molecule has 0 spiro atoms. The van der Waals surface area contributed by atoms with E-state index in [4.69, 9.17) is 0 Å². The van der Waals surface area contributed by atoms with Crippen molar-refractivity contribution in [2.24, 2.45) is 0 Å². The number of thiophene rings is 1. The van der Waals surface area contributed by atoms with Gasteiger partial charge in [-0.25, -0.2) is 0 Å². The van der Waals surface area contributed by atoms with Gasteiger partial charge in [0.1, 0.15) is 0 Å². The molecule has 0 aliphatic rings. The van der Waals surface area contributed by atoms with Crippen LogP contribution >= 0.6 is 27.3 Å². The number of halogens is 1. The number of aliphatic hydroxyl groups excluding tert-OH is 1. The molecule has 0 aliphatic carbocycles. The number of nitrogens with zero attached hydrogens (tertiary/aromatic N) is 1. The standard InChI is InChI=1S/C12H12BrNOS/c1-8-2-3-16-12(8)11(15)5-9-4-10(13)7-14-6-9/h2-4,6-7,11,15H,5H2,1H3. The number of aliphatic hydroxyl groups is 1. The van der Waals surface area contributed by atoms with Crippen molar-refractivity contribution < 1.29 is 5.11 Å². The lowest BCUT2D eigenvalue weighted by molar-refractivity contribution is 0.181. The predicted molar refractivity (Wildman–Crippen MR) is 69.7 cm³/mol. The zero-order valence-corrected chi connectivity index (χ0v) is 11.3. The summed E-state index contributed by atoms with van der Waals surface area (Å²) in [5, 5.41) is 12.1. The van der Waals surface area contributed by atoms with Crippen molar-refractivity contribution in [3.8, 4) is 0 Å². The summed E-state index contributed by atoms with van der Waals surface area (Å²) >= 11 is 4.97. The molecule has 0 aromatic carbocycles. The van der Waals surface area contributed by atoms with Crippen molar-refractivity contribution in [2.75, 3.05) is 0 Å². The molecule has 1 unspecified atom stereocenters. The van der Waals surface area contributed by atoms with E-state index in [1.54, 1.807) is 23.7 Å². The highest BCUT2D eigenvalue weighted by molar-refractivity contribution is 9.10. The van der Waals surface area contributed by atoms with E-state index < -0.39 is 6.10 Å². The molecule has 2 aromatic rings. The van der Waals surface area contributed by atoms with Crippen LogP contribution in [0.3, 0.4) is 0 Å². The monoisotopic (exact) mass is 297 g/mol. The number of pyridine rings is 1. The quantitative estimate of drug-likeness (QED) is 0.941. The molecule has 1 atom stereocenters. The molecular weight excluding hydrogens is 286 g/mol. The van der Waals surface area contributed by atoms with Crippen molar-refractivity contribution in [2.45, 2.75) is 19.4 Å². The molecule has 0 saturated heterocycles. The van der Waals surface area contributed by atoms with E-state index in [-0.39, 0.29) is 0 Å². The van der Waals surface area contributed by atoms with E-state index in [2.05, 4.69) is 20.9 Å². The third-order valence-electron chi connectivity index (χ3n) is 2.39. The Morgan fingerprint density at radius 3 is 2.94 bits per heavy atom. The van der Waals surface area contributed by atoms with Gasteiger partial charge in [-0.15, -0.1) is 11.3 Å². The fourth-order valence-electron chi connectivity index (χ4n) is 1.61. The first-order valence-corrected chi connectivity index (χ1v) is 6.65. The van der Waals surface area contributed by atoms with E-state index in [0.717, 1.165) is 20.5 Å². The highest BCUT2D eigenvalue weighted by atomic mass is 79.9. The first-order chi connectivity index (χ1) is 7.66. The van der Waals surface area contributed by atoms with Crippen molar-refractivity contribution in [3.63, 3.8) is 0 Å². The van der Waals surface area contributed by atoms with Gasteiger partial charge in [0.05, 0.1) is 6.10 Å². The maximum atomic E-state index is 10.1. The second-order valence-electron chi connectivity index (χ2n) is 3.70. The molecule has 2 heterocycles. The molecule has 2 rings (SSSR count). The van der Waals surface area contributed by atoms with Crippen molar-refractivity contribution in [3.05, 3.63) is 50.4 Å². The Kier molecular flexibility index (Phi) is 3.74. The van der Waals surface area contributed by atoms with Crippen molar-refractivity contribution in [1.82, 2.24) is 4.98 Å². The zero-order valence-electron chi connectivity index (χ0n) is 8.85. The molecule has 2 nitrogen and oxygen atoms in total. The molecule has 2 aromatic heterocycles. The maximum absolute atomic E-state index is 10.1. The topological polar surface area (TPSA) is 33.1 Å². The average Bonchev–Trinajstić information content (AvgIpc) is 2.64. The number of aryl methyl sites for hydroxylation is 1.